The zero-order valence-electron chi connectivity index (χ0n) is 21.0. The summed E-state index contributed by atoms with van der Waals surface area (Å²) < 4.78 is 12.1. The molecule has 0 aliphatic heterocycles. The fourth-order valence-electron chi connectivity index (χ4n) is 4.44. The van der Waals surface area contributed by atoms with Gasteiger partial charge in [-0.15, -0.1) is 11.3 Å². The first-order valence-corrected chi connectivity index (χ1v) is 12.7. The number of nitrogens with one attached hydrogen (secondary N) is 1. The van der Waals surface area contributed by atoms with Gasteiger partial charge in [0.2, 0.25) is 0 Å². The molecule has 0 spiro atoms. The van der Waals surface area contributed by atoms with Gasteiger partial charge in [0, 0.05) is 23.2 Å². The summed E-state index contributed by atoms with van der Waals surface area (Å²) in [7, 11) is 0. The molecule has 0 aliphatic rings. The van der Waals surface area contributed by atoms with Crippen LogP contribution >= 0.6 is 22.9 Å². The van der Waals surface area contributed by atoms with Crippen LogP contribution in [0.15, 0.2) is 48.1 Å². The van der Waals surface area contributed by atoms with E-state index >= 15 is 0 Å². The highest BCUT2D eigenvalue weighted by Gasteiger charge is 2.47. The van der Waals surface area contributed by atoms with Gasteiger partial charge in [-0.1, -0.05) is 52.3 Å². The van der Waals surface area contributed by atoms with E-state index in [1.54, 1.807) is 12.4 Å². The average Bonchev–Trinajstić information content (AvgIpc) is 3.23. The molecule has 3 aromatic rings. The van der Waals surface area contributed by atoms with Crippen LogP contribution in [0.4, 0.5) is 15.7 Å². The van der Waals surface area contributed by atoms with Crippen LogP contribution in [0.1, 0.15) is 48.0 Å². The Morgan fingerprint density at radius 3 is 2.40 bits per heavy atom. The molecule has 2 heterocycles. The van der Waals surface area contributed by atoms with E-state index in [2.05, 4.69) is 29.1 Å². The second-order valence-corrected chi connectivity index (χ2v) is 11.5. The van der Waals surface area contributed by atoms with E-state index < -0.39 is 17.8 Å². The molecule has 0 saturated carbocycles. The summed E-state index contributed by atoms with van der Waals surface area (Å²) in [5.74, 6) is 1.45. The van der Waals surface area contributed by atoms with Crippen LogP contribution in [0.3, 0.4) is 0 Å². The molecule has 2 unspecified atom stereocenters. The SMILES string of the molecule is CC(C)CC(C)(OC(N)=O)C(Oc1ccc(-c2ccnc(Nc3nccs3)c2)cc1Cl)C(C)(C)C. The molecule has 2 aromatic heterocycles. The van der Waals surface area contributed by atoms with Crippen LogP contribution in [0.2, 0.25) is 5.02 Å². The van der Waals surface area contributed by atoms with Crippen molar-refractivity contribution in [2.45, 2.75) is 59.7 Å². The molecule has 0 bridgehead atoms. The maximum absolute atomic E-state index is 11.8. The molecule has 35 heavy (non-hydrogen) atoms. The summed E-state index contributed by atoms with van der Waals surface area (Å²) in [6.07, 6.45) is 2.73. The number of anilines is 2. The minimum absolute atomic E-state index is 0.254. The van der Waals surface area contributed by atoms with Gasteiger partial charge in [-0.05, 0) is 54.7 Å². The summed E-state index contributed by atoms with van der Waals surface area (Å²) >= 11 is 8.19. The normalized spacial score (nSPS) is 14.3. The van der Waals surface area contributed by atoms with Crippen LogP contribution in [0.25, 0.3) is 11.1 Å². The Kier molecular flexibility index (Phi) is 8.28. The van der Waals surface area contributed by atoms with Crippen LogP contribution < -0.4 is 15.8 Å². The fourth-order valence-corrected chi connectivity index (χ4v) is 5.20. The molecule has 7 nitrogen and oxygen atoms in total. The van der Waals surface area contributed by atoms with Gasteiger partial charge in [0.1, 0.15) is 23.3 Å². The number of nitrogens with zero attached hydrogens (tertiary/aromatic N) is 2. The Bertz CT molecular complexity index is 1150. The highest BCUT2D eigenvalue weighted by molar-refractivity contribution is 7.13. The minimum atomic E-state index is -0.943. The number of carbonyl (C=O) groups is 1. The van der Waals surface area contributed by atoms with Gasteiger partial charge in [0.25, 0.3) is 0 Å². The summed E-state index contributed by atoms with van der Waals surface area (Å²) in [4.78, 5) is 20.4. The largest absolute Gasteiger partial charge is 0.484 e. The van der Waals surface area contributed by atoms with Gasteiger partial charge in [-0.25, -0.2) is 14.8 Å². The van der Waals surface area contributed by atoms with Crippen LogP contribution in [-0.4, -0.2) is 27.8 Å². The highest BCUT2D eigenvalue weighted by atomic mass is 35.5. The van der Waals surface area contributed by atoms with Gasteiger partial charge in [-0.2, -0.15) is 0 Å². The van der Waals surface area contributed by atoms with Crippen molar-refractivity contribution in [2.24, 2.45) is 17.1 Å². The number of primary amides is 1. The predicted octanol–water partition coefficient (Wildman–Crippen LogP) is 7.30. The molecule has 188 valence electrons. The third-order valence-corrected chi connectivity index (χ3v) is 6.41. The smallest absolute Gasteiger partial charge is 0.405 e. The van der Waals surface area contributed by atoms with E-state index in [9.17, 15) is 4.79 Å². The molecule has 3 N–H and O–H groups in total. The first-order chi connectivity index (χ1) is 16.4. The van der Waals surface area contributed by atoms with Gasteiger partial charge in [0.15, 0.2) is 5.13 Å². The highest BCUT2D eigenvalue weighted by Crippen LogP contribution is 2.40. The molecule has 2 atom stereocenters. The Balaban J connectivity index is 1.89. The van der Waals surface area contributed by atoms with E-state index in [1.807, 2.05) is 63.4 Å². The van der Waals surface area contributed by atoms with Crippen molar-refractivity contribution in [3.05, 3.63) is 53.1 Å². The number of aromatic nitrogens is 2. The average molecular weight is 517 g/mol. The molecule has 3 rings (SSSR count). The number of thiazole rings is 1. The van der Waals surface area contributed by atoms with E-state index in [4.69, 9.17) is 26.8 Å². The number of hydrogen-bond acceptors (Lipinski definition) is 7. The number of hydrogen-bond donors (Lipinski definition) is 2. The molecule has 0 saturated heterocycles. The second kappa shape index (κ2) is 10.8. The Hall–Kier alpha value is -2.84. The maximum atomic E-state index is 11.8. The van der Waals surface area contributed by atoms with Crippen molar-refractivity contribution >= 4 is 40.0 Å². The Labute approximate surface area is 216 Å². The van der Waals surface area contributed by atoms with Crippen molar-refractivity contribution in [3.63, 3.8) is 0 Å². The Morgan fingerprint density at radius 1 is 1.11 bits per heavy atom. The lowest BCUT2D eigenvalue weighted by Gasteiger charge is -2.44. The molecule has 0 radical (unpaired) electrons. The topological polar surface area (TPSA) is 99.4 Å². The van der Waals surface area contributed by atoms with Gasteiger partial charge >= 0.3 is 6.09 Å². The lowest BCUT2D eigenvalue weighted by atomic mass is 9.75. The molecule has 0 fully saturated rings. The van der Waals surface area contributed by atoms with E-state index in [0.717, 1.165) is 16.3 Å². The van der Waals surface area contributed by atoms with E-state index in [-0.39, 0.29) is 11.3 Å². The molecular weight excluding hydrogens is 484 g/mol. The van der Waals surface area contributed by atoms with Gasteiger partial charge in [-0.3, -0.25) is 0 Å². The second-order valence-electron chi connectivity index (χ2n) is 10.2. The number of amides is 1. The zero-order valence-corrected chi connectivity index (χ0v) is 22.5. The molecule has 9 heteroatoms. The van der Waals surface area contributed by atoms with Crippen molar-refractivity contribution in [1.29, 1.82) is 0 Å². The number of ether oxygens (including phenoxy) is 2. The van der Waals surface area contributed by atoms with Crippen molar-refractivity contribution < 1.29 is 14.3 Å². The lowest BCUT2D eigenvalue weighted by molar-refractivity contribution is -0.107. The standard InChI is InChI=1S/C26H33ClN4O3S/c1-16(2)15-26(6,34-23(28)32)22(25(3,4)5)33-20-8-7-17(13-19(20)27)18-9-10-29-21(14-18)31-24-30-11-12-35-24/h7-14,16,22H,15H2,1-6H3,(H2,28,32)(H,29,30,31). The maximum Gasteiger partial charge on any atom is 0.405 e. The first kappa shape index (κ1) is 26.8. The number of rotatable bonds is 9. The third-order valence-electron chi connectivity index (χ3n) is 5.43. The number of nitrogens with two attached hydrogens (primary N) is 1. The molecule has 1 amide bonds. The van der Waals surface area contributed by atoms with Crippen molar-refractivity contribution in [2.75, 3.05) is 5.32 Å². The van der Waals surface area contributed by atoms with Gasteiger partial charge in [0.05, 0.1) is 5.02 Å². The number of halogens is 1. The van der Waals surface area contributed by atoms with Crippen molar-refractivity contribution in [1.82, 2.24) is 9.97 Å². The van der Waals surface area contributed by atoms with Gasteiger partial charge < -0.3 is 20.5 Å². The summed E-state index contributed by atoms with van der Waals surface area (Å²) in [5, 5.41) is 6.32. The van der Waals surface area contributed by atoms with Crippen molar-refractivity contribution in [3.8, 4) is 16.9 Å². The lowest BCUT2D eigenvalue weighted by Crippen LogP contribution is -2.54. The molecule has 0 aliphatic carbocycles. The van der Waals surface area contributed by atoms with E-state index in [0.29, 0.717) is 23.0 Å². The van der Waals surface area contributed by atoms with Crippen LogP contribution in [0, 0.1) is 11.3 Å². The monoisotopic (exact) mass is 516 g/mol. The first-order valence-electron chi connectivity index (χ1n) is 11.4. The third kappa shape index (κ3) is 7.08. The summed E-state index contributed by atoms with van der Waals surface area (Å²) in [6, 6.07) is 9.49. The van der Waals surface area contributed by atoms with Crippen LogP contribution in [0.5, 0.6) is 5.75 Å². The number of carbonyl (C=O) groups excluding carboxylic acids is 1. The number of pyridine rings is 1. The number of benzene rings is 1. The zero-order chi connectivity index (χ0) is 25.8. The Morgan fingerprint density at radius 2 is 1.83 bits per heavy atom. The summed E-state index contributed by atoms with van der Waals surface area (Å²) in [5.41, 5.74) is 5.99. The fraction of sp³-hybridized carbons (Fsp3) is 0.423. The minimum Gasteiger partial charge on any atom is -0.484 e. The van der Waals surface area contributed by atoms with Crippen LogP contribution in [-0.2, 0) is 4.74 Å². The summed E-state index contributed by atoms with van der Waals surface area (Å²) in [6.45, 7) is 12.1. The predicted molar refractivity (Wildman–Crippen MR) is 142 cm³/mol. The molecule has 1 aromatic carbocycles. The quantitative estimate of drug-likeness (QED) is 0.309. The van der Waals surface area contributed by atoms with E-state index in [1.165, 1.54) is 11.3 Å². The molecular formula is C26H33ClN4O3S.